The number of aromatic hydroxyl groups is 6. The number of hydrogen-bond acceptors (Lipinski definition) is 18. The molecule has 616 valence electrons. The standard InChI is InChI=1S/C26H20O5S.C26H20O4S.C25H18O5S.C25H24O3S/c1-14-11-19(28)12-15(2)23(14)25(31)26-24(20-9-8-18(27)13-21(20)32-26)17-6-3-16(4-7-17)5-10-22(29)30;1-15-3-10-20(16(2)13-15)25(30)26-24(21-11-9-19(27)14-22(21)31-26)18-7-4-17(5-8-18)6-12-23(28)29;1-14-12-17(26)7-9-19(14)24(30)25-23(20-10-8-18(27)13-21(20)31-25)16-5-2-15(3-6-16)4-11-22(28)29;1-16(26)7-8-17-9-11-18(12-10-17)23-21-14-13-20(27)15-22(21)29-25(23)24(28)19-5-3-2-4-6-19/h3-13,27-28H,1-2H3,(H,29,30);3-14,27H,1-2H3,(H,28,29);2-13,26-27H,1H3,(H,28,29);7-15,19,27H,2-6H2,1H3/b10-5+;12-6+;11-4+;8-7+. The van der Waals surface area contributed by atoms with Crippen molar-refractivity contribution in [2.45, 2.75) is 73.6 Å². The Bertz CT molecular complexity index is 6560. The lowest BCUT2D eigenvalue weighted by molar-refractivity contribution is -0.132. The van der Waals surface area contributed by atoms with Gasteiger partial charge in [0.1, 0.15) is 34.5 Å². The molecule has 1 aliphatic carbocycles. The molecule has 1 aliphatic rings. The fourth-order valence-corrected chi connectivity index (χ4v) is 20.0. The third kappa shape index (κ3) is 20.3. The van der Waals surface area contributed by atoms with E-state index < -0.39 is 17.9 Å². The third-order valence-corrected chi connectivity index (χ3v) is 25.5. The lowest BCUT2D eigenvalue weighted by atomic mass is 9.84. The summed E-state index contributed by atoms with van der Waals surface area (Å²) < 4.78 is 3.33. The van der Waals surface area contributed by atoms with E-state index in [0.29, 0.717) is 48.0 Å². The van der Waals surface area contributed by atoms with Crippen molar-refractivity contribution in [1.29, 1.82) is 0 Å². The average Bonchev–Trinajstić information content (AvgIpc) is 1.63. The number of phenols is 6. The van der Waals surface area contributed by atoms with Gasteiger partial charge in [-0.15, -0.1) is 45.3 Å². The topological polar surface area (TPSA) is 319 Å². The Morgan fingerprint density at radius 2 is 0.602 bits per heavy atom. The highest BCUT2D eigenvalue weighted by Gasteiger charge is 2.30. The average molecular weight is 1710 g/mol. The second kappa shape index (κ2) is 38.0. The fourth-order valence-electron chi connectivity index (χ4n) is 15.1. The molecule has 11 aromatic carbocycles. The predicted molar refractivity (Wildman–Crippen MR) is 493 cm³/mol. The Morgan fingerprint density at radius 1 is 0.309 bits per heavy atom. The van der Waals surface area contributed by atoms with Crippen molar-refractivity contribution in [3.8, 4) is 79.0 Å². The number of carboxylic acid groups (broad SMARTS) is 3. The van der Waals surface area contributed by atoms with Gasteiger partial charge in [0.15, 0.2) is 11.6 Å². The SMILES string of the molecule is CC(=O)/C=C/c1ccc(-c2c(C(=O)C3CCCCC3)sc3cc(O)ccc23)cc1.Cc1cc(O)cc(C)c1C(=O)c1sc2cc(O)ccc2c1-c1ccc(/C=C/C(=O)O)cc1.Cc1cc(O)ccc1C(=O)c1sc2cc(O)ccc2c1-c1ccc(/C=C/C(=O)O)cc1.Cc1ccc(C(=O)c2sc3cc(O)ccc3c2-c2ccc(/C=C/C(=O)O)cc2)c(C)c1. The molecule has 1 saturated carbocycles. The van der Waals surface area contributed by atoms with Gasteiger partial charge in [-0.05, 0) is 249 Å². The number of fused-ring (bicyclic) bond motifs is 4. The zero-order valence-corrected chi connectivity index (χ0v) is 70.7. The summed E-state index contributed by atoms with van der Waals surface area (Å²) in [4.78, 5) is 100. The molecular formula is C102H82O17S4. The molecule has 0 amide bonds. The van der Waals surface area contributed by atoms with Crippen LogP contribution in [0.4, 0.5) is 0 Å². The fraction of sp³-hybridized carbons (Fsp3) is 0.118. The Morgan fingerprint density at radius 3 is 0.935 bits per heavy atom. The maximum absolute atomic E-state index is 13.7. The van der Waals surface area contributed by atoms with E-state index in [1.807, 2.05) is 117 Å². The van der Waals surface area contributed by atoms with E-state index in [-0.39, 0.29) is 69.3 Å². The highest BCUT2D eigenvalue weighted by molar-refractivity contribution is 7.23. The minimum Gasteiger partial charge on any atom is -0.508 e. The van der Waals surface area contributed by atoms with Gasteiger partial charge in [-0.2, -0.15) is 0 Å². The molecule has 16 rings (SSSR count). The van der Waals surface area contributed by atoms with Crippen LogP contribution < -0.4 is 0 Å². The largest absolute Gasteiger partial charge is 0.508 e. The van der Waals surface area contributed by atoms with E-state index in [0.717, 1.165) is 167 Å². The molecule has 123 heavy (non-hydrogen) atoms. The lowest BCUT2D eigenvalue weighted by Gasteiger charge is -2.20. The Hall–Kier alpha value is -14.2. The van der Waals surface area contributed by atoms with Crippen LogP contribution in [-0.2, 0) is 19.2 Å². The molecule has 4 heterocycles. The van der Waals surface area contributed by atoms with Crippen LogP contribution in [0, 0.1) is 40.5 Å². The number of ketones is 5. The number of allylic oxidation sites excluding steroid dienone is 1. The van der Waals surface area contributed by atoms with Gasteiger partial charge in [0.05, 0.1) is 19.5 Å². The van der Waals surface area contributed by atoms with Crippen LogP contribution >= 0.6 is 45.3 Å². The van der Waals surface area contributed by atoms with Gasteiger partial charge in [-0.1, -0.05) is 146 Å². The molecule has 17 nitrogen and oxygen atoms in total. The number of carbonyl (C=O) groups is 8. The van der Waals surface area contributed by atoms with Crippen molar-refractivity contribution in [2.24, 2.45) is 5.92 Å². The summed E-state index contributed by atoms with van der Waals surface area (Å²) in [5, 5.41) is 89.3. The molecule has 0 radical (unpaired) electrons. The van der Waals surface area contributed by atoms with E-state index in [1.54, 1.807) is 142 Å². The van der Waals surface area contributed by atoms with Gasteiger partial charge >= 0.3 is 17.9 Å². The van der Waals surface area contributed by atoms with E-state index in [2.05, 4.69) is 0 Å². The second-order valence-electron chi connectivity index (χ2n) is 29.9. The van der Waals surface area contributed by atoms with E-state index >= 15 is 0 Å². The van der Waals surface area contributed by atoms with E-state index in [9.17, 15) is 69.0 Å². The van der Waals surface area contributed by atoms with Crippen LogP contribution in [0.15, 0.2) is 243 Å². The number of carbonyl (C=O) groups excluding carboxylic acids is 5. The molecule has 0 aliphatic heterocycles. The first-order valence-electron chi connectivity index (χ1n) is 39.1. The third-order valence-electron chi connectivity index (χ3n) is 20.9. The maximum atomic E-state index is 13.7. The van der Waals surface area contributed by atoms with Crippen molar-refractivity contribution in [2.75, 3.05) is 0 Å². The van der Waals surface area contributed by atoms with Crippen molar-refractivity contribution in [1.82, 2.24) is 0 Å². The monoisotopic (exact) mass is 1710 g/mol. The first-order valence-corrected chi connectivity index (χ1v) is 42.4. The lowest BCUT2D eigenvalue weighted by Crippen LogP contribution is -2.17. The minimum absolute atomic E-state index is 0.0121. The van der Waals surface area contributed by atoms with Gasteiger partial charge in [0, 0.05) is 103 Å². The summed E-state index contributed by atoms with van der Waals surface area (Å²) in [7, 11) is 0. The van der Waals surface area contributed by atoms with Crippen molar-refractivity contribution in [3.05, 3.63) is 329 Å². The highest BCUT2D eigenvalue weighted by Crippen LogP contribution is 2.48. The molecule has 0 saturated heterocycles. The number of rotatable bonds is 20. The van der Waals surface area contributed by atoms with Crippen LogP contribution in [0.5, 0.6) is 34.5 Å². The van der Waals surface area contributed by atoms with Crippen molar-refractivity contribution in [3.63, 3.8) is 0 Å². The number of phenolic OH excluding ortho intramolecular Hbond substituents is 6. The number of hydrogen-bond donors (Lipinski definition) is 9. The second-order valence-corrected chi connectivity index (χ2v) is 34.1. The summed E-state index contributed by atoms with van der Waals surface area (Å²) in [6, 6.07) is 64.0. The van der Waals surface area contributed by atoms with E-state index in [4.69, 9.17) is 15.3 Å². The highest BCUT2D eigenvalue weighted by atomic mass is 32.1. The van der Waals surface area contributed by atoms with Crippen LogP contribution in [0.25, 0.3) is 109 Å². The number of carboxylic acids is 3. The number of aryl methyl sites for hydroxylation is 5. The summed E-state index contributed by atoms with van der Waals surface area (Å²) in [6.07, 6.45) is 16.5. The van der Waals surface area contributed by atoms with Crippen LogP contribution in [0.2, 0.25) is 0 Å². The van der Waals surface area contributed by atoms with Gasteiger partial charge < -0.3 is 46.0 Å². The number of Topliss-reactive ketones (excluding diaryl/α,β-unsaturated/α-hetero) is 1. The molecule has 0 atom stereocenters. The summed E-state index contributed by atoms with van der Waals surface area (Å²) in [6.45, 7) is 10.8. The molecule has 0 bridgehead atoms. The van der Waals surface area contributed by atoms with Gasteiger partial charge in [0.25, 0.3) is 0 Å². The van der Waals surface area contributed by atoms with Gasteiger partial charge in [0.2, 0.25) is 17.3 Å². The van der Waals surface area contributed by atoms with E-state index in [1.165, 1.54) is 83.0 Å². The first-order chi connectivity index (χ1) is 58.9. The Balaban J connectivity index is 0.000000141. The first kappa shape index (κ1) is 86.6. The predicted octanol–water partition coefficient (Wildman–Crippen LogP) is 24.4. The number of benzene rings is 11. The Labute approximate surface area is 723 Å². The van der Waals surface area contributed by atoms with Gasteiger partial charge in [-0.25, -0.2) is 14.4 Å². The summed E-state index contributed by atoms with van der Waals surface area (Å²) >= 11 is 5.47. The maximum Gasteiger partial charge on any atom is 0.328 e. The Kier molecular flexibility index (Phi) is 26.8. The van der Waals surface area contributed by atoms with Crippen LogP contribution in [0.3, 0.4) is 0 Å². The molecular weight excluding hydrogens is 1630 g/mol. The molecule has 0 unspecified atom stereocenters. The molecule has 4 aromatic heterocycles. The normalized spacial score (nSPS) is 12.2. The quantitative estimate of drug-likeness (QED) is 0.0253. The van der Waals surface area contributed by atoms with Crippen molar-refractivity contribution < 1.29 is 84.3 Å². The molecule has 15 aromatic rings. The molecule has 0 spiro atoms. The molecule has 21 heteroatoms. The van der Waals surface area contributed by atoms with Crippen LogP contribution in [-0.4, -0.2) is 92.8 Å². The summed E-state index contributed by atoms with van der Waals surface area (Å²) in [5.74, 6) is -2.25. The smallest absolute Gasteiger partial charge is 0.328 e. The minimum atomic E-state index is -1.02. The van der Waals surface area contributed by atoms with Gasteiger partial charge in [-0.3, -0.25) is 24.0 Å². The van der Waals surface area contributed by atoms with Crippen molar-refractivity contribution >= 4 is 157 Å². The van der Waals surface area contributed by atoms with Crippen LogP contribution in [0.1, 0.15) is 144 Å². The zero-order valence-electron chi connectivity index (χ0n) is 67.4. The number of aliphatic carboxylic acids is 3. The number of thiophene rings is 4. The summed E-state index contributed by atoms with van der Waals surface area (Å²) in [5.41, 5.74) is 15.7. The zero-order chi connectivity index (χ0) is 87.6. The molecule has 9 N–H and O–H groups in total. The molecule has 1 fully saturated rings.